The van der Waals surface area contributed by atoms with E-state index in [2.05, 4.69) is 15.4 Å². The maximum atomic E-state index is 12.7. The predicted octanol–water partition coefficient (Wildman–Crippen LogP) is 5.36. The van der Waals surface area contributed by atoms with E-state index in [1.54, 1.807) is 0 Å². The number of hydrogen-bond donors (Lipinski definition) is 2. The molecule has 13 heteroatoms. The Hall–Kier alpha value is -3.09. The van der Waals surface area contributed by atoms with E-state index >= 15 is 0 Å². The first-order chi connectivity index (χ1) is 13.3. The van der Waals surface area contributed by atoms with E-state index in [9.17, 15) is 36.5 Å². The van der Waals surface area contributed by atoms with Crippen molar-refractivity contribution in [2.45, 2.75) is 12.4 Å². The van der Waals surface area contributed by atoms with Gasteiger partial charge in [-0.1, -0.05) is 6.07 Å². The summed E-state index contributed by atoms with van der Waals surface area (Å²) >= 11 is 4.94. The summed E-state index contributed by atoms with van der Waals surface area (Å²) in [4.78, 5) is 10.1. The first kappa shape index (κ1) is 22.2. The highest BCUT2D eigenvalue weighted by molar-refractivity contribution is 7.80. The molecule has 0 atom stereocenters. The standard InChI is InChI=1S/C16H11F6N3O3S/c17-15(18,19)8-28-13-6-11(5-12(7-13)25(26)27)24-14(29)23-10-3-1-2-9(4-10)16(20,21)22/h1-7H,8H2,(H2,23,24,29). The molecule has 0 aliphatic rings. The molecular weight excluding hydrogens is 428 g/mol. The molecule has 156 valence electrons. The quantitative estimate of drug-likeness (QED) is 0.283. The summed E-state index contributed by atoms with van der Waals surface area (Å²) in [5.74, 6) is -0.444. The van der Waals surface area contributed by atoms with Crippen LogP contribution in [0.3, 0.4) is 0 Å². The Kier molecular flexibility index (Phi) is 6.51. The molecule has 2 aromatic rings. The van der Waals surface area contributed by atoms with E-state index in [0.29, 0.717) is 0 Å². The molecule has 0 heterocycles. The molecule has 2 aromatic carbocycles. The fraction of sp³-hybridized carbons (Fsp3) is 0.188. The number of nitro groups is 1. The predicted molar refractivity (Wildman–Crippen MR) is 95.9 cm³/mol. The minimum absolute atomic E-state index is 0.0173. The number of nitro benzene ring substituents is 1. The van der Waals surface area contributed by atoms with Crippen molar-refractivity contribution < 1.29 is 36.0 Å². The van der Waals surface area contributed by atoms with Crippen LogP contribution in [0.1, 0.15) is 5.56 Å². The van der Waals surface area contributed by atoms with Gasteiger partial charge < -0.3 is 15.4 Å². The largest absolute Gasteiger partial charge is 0.484 e. The number of anilines is 2. The van der Waals surface area contributed by atoms with Crippen LogP contribution in [-0.4, -0.2) is 22.8 Å². The molecule has 0 aromatic heterocycles. The summed E-state index contributed by atoms with van der Waals surface area (Å²) in [5.41, 5.74) is -1.62. The summed E-state index contributed by atoms with van der Waals surface area (Å²) < 4.78 is 79.6. The van der Waals surface area contributed by atoms with E-state index in [0.717, 1.165) is 36.4 Å². The Morgan fingerprint density at radius 1 is 1.03 bits per heavy atom. The summed E-state index contributed by atoms with van der Waals surface area (Å²) in [6.07, 6.45) is -9.23. The van der Waals surface area contributed by atoms with E-state index in [4.69, 9.17) is 12.2 Å². The monoisotopic (exact) mass is 439 g/mol. The molecular formula is C16H11F6N3O3S. The van der Waals surface area contributed by atoms with Crippen LogP contribution in [0.25, 0.3) is 0 Å². The van der Waals surface area contributed by atoms with Crippen molar-refractivity contribution in [3.63, 3.8) is 0 Å². The van der Waals surface area contributed by atoms with Crippen molar-refractivity contribution in [2.24, 2.45) is 0 Å². The molecule has 0 fully saturated rings. The number of alkyl halides is 6. The average molecular weight is 439 g/mol. The zero-order valence-corrected chi connectivity index (χ0v) is 14.9. The number of benzene rings is 2. The molecule has 0 aliphatic carbocycles. The van der Waals surface area contributed by atoms with Crippen LogP contribution in [0.2, 0.25) is 0 Å². The summed E-state index contributed by atoms with van der Waals surface area (Å²) in [5, 5.41) is 15.6. The first-order valence-electron chi connectivity index (χ1n) is 7.58. The molecule has 2 N–H and O–H groups in total. The van der Waals surface area contributed by atoms with Gasteiger partial charge in [0.15, 0.2) is 11.7 Å². The third kappa shape index (κ3) is 7.10. The highest BCUT2D eigenvalue weighted by atomic mass is 32.1. The van der Waals surface area contributed by atoms with Crippen molar-refractivity contribution in [3.8, 4) is 5.75 Å². The van der Waals surface area contributed by atoms with Gasteiger partial charge in [0.25, 0.3) is 5.69 Å². The van der Waals surface area contributed by atoms with Gasteiger partial charge in [0.1, 0.15) is 5.75 Å². The second kappa shape index (κ2) is 8.51. The van der Waals surface area contributed by atoms with Crippen molar-refractivity contribution in [1.82, 2.24) is 0 Å². The SMILES string of the molecule is O=[N+]([O-])c1cc(NC(=S)Nc2cccc(C(F)(F)F)c2)cc(OCC(F)(F)F)c1. The van der Waals surface area contributed by atoms with E-state index in [-0.39, 0.29) is 16.5 Å². The van der Waals surface area contributed by atoms with Gasteiger partial charge in [-0.25, -0.2) is 0 Å². The number of rotatable bonds is 5. The maximum absolute atomic E-state index is 12.7. The molecule has 29 heavy (non-hydrogen) atoms. The number of nitrogens with zero attached hydrogens (tertiary/aromatic N) is 1. The van der Waals surface area contributed by atoms with Crippen LogP contribution in [0.4, 0.5) is 43.4 Å². The number of halogens is 6. The maximum Gasteiger partial charge on any atom is 0.422 e. The molecule has 0 unspecified atom stereocenters. The fourth-order valence-electron chi connectivity index (χ4n) is 2.08. The van der Waals surface area contributed by atoms with Gasteiger partial charge in [-0.2, -0.15) is 26.3 Å². The molecule has 0 bridgehead atoms. The molecule has 0 radical (unpaired) electrons. The number of non-ortho nitro benzene ring substituents is 1. The third-order valence-corrected chi connectivity index (χ3v) is 3.41. The average Bonchev–Trinajstić information content (AvgIpc) is 2.58. The highest BCUT2D eigenvalue weighted by Crippen LogP contribution is 2.31. The van der Waals surface area contributed by atoms with Gasteiger partial charge in [0, 0.05) is 17.8 Å². The number of hydrogen-bond acceptors (Lipinski definition) is 4. The minimum Gasteiger partial charge on any atom is -0.484 e. The third-order valence-electron chi connectivity index (χ3n) is 3.21. The molecule has 0 aliphatic heterocycles. The minimum atomic E-state index is -4.65. The lowest BCUT2D eigenvalue weighted by Gasteiger charge is -2.14. The Morgan fingerprint density at radius 2 is 1.69 bits per heavy atom. The van der Waals surface area contributed by atoms with Crippen LogP contribution < -0.4 is 15.4 Å². The van der Waals surface area contributed by atoms with Gasteiger partial charge in [-0.05, 0) is 30.4 Å². The number of thiocarbonyl (C=S) groups is 1. The molecule has 0 amide bonds. The van der Waals surface area contributed by atoms with Crippen molar-refractivity contribution >= 4 is 34.4 Å². The van der Waals surface area contributed by atoms with Gasteiger partial charge in [0.05, 0.1) is 22.2 Å². The molecule has 0 saturated carbocycles. The van der Waals surface area contributed by atoms with Crippen molar-refractivity contribution in [2.75, 3.05) is 17.2 Å². The zero-order chi connectivity index (χ0) is 21.8. The Balaban J connectivity index is 2.16. The smallest absolute Gasteiger partial charge is 0.422 e. The van der Waals surface area contributed by atoms with Crippen molar-refractivity contribution in [1.29, 1.82) is 0 Å². The Labute approximate surface area is 164 Å². The number of nitrogens with one attached hydrogen (secondary N) is 2. The van der Waals surface area contributed by atoms with Crippen LogP contribution in [-0.2, 0) is 6.18 Å². The molecule has 0 saturated heterocycles. The molecule has 6 nitrogen and oxygen atoms in total. The van der Waals surface area contributed by atoms with Gasteiger partial charge in [-0.3, -0.25) is 10.1 Å². The van der Waals surface area contributed by atoms with Crippen molar-refractivity contribution in [3.05, 3.63) is 58.1 Å². The normalized spacial score (nSPS) is 11.7. The fourth-order valence-corrected chi connectivity index (χ4v) is 2.31. The number of ether oxygens (including phenoxy) is 1. The lowest BCUT2D eigenvalue weighted by Crippen LogP contribution is -2.20. The van der Waals surface area contributed by atoms with Crippen LogP contribution in [0, 0.1) is 10.1 Å². The Morgan fingerprint density at radius 3 is 2.28 bits per heavy atom. The molecule has 2 rings (SSSR count). The highest BCUT2D eigenvalue weighted by Gasteiger charge is 2.30. The first-order valence-corrected chi connectivity index (χ1v) is 7.98. The Bertz CT molecular complexity index is 918. The lowest BCUT2D eigenvalue weighted by molar-refractivity contribution is -0.384. The second-order valence-electron chi connectivity index (χ2n) is 5.53. The van der Waals surface area contributed by atoms with E-state index in [1.165, 1.54) is 6.07 Å². The van der Waals surface area contributed by atoms with Crippen LogP contribution in [0.15, 0.2) is 42.5 Å². The van der Waals surface area contributed by atoms with Gasteiger partial charge in [-0.15, -0.1) is 0 Å². The summed E-state index contributed by atoms with van der Waals surface area (Å²) in [6.45, 7) is -1.67. The summed E-state index contributed by atoms with van der Waals surface area (Å²) in [7, 11) is 0. The second-order valence-corrected chi connectivity index (χ2v) is 5.94. The van der Waals surface area contributed by atoms with Gasteiger partial charge in [0.2, 0.25) is 0 Å². The molecule has 0 spiro atoms. The van der Waals surface area contributed by atoms with E-state index < -0.39 is 40.9 Å². The zero-order valence-electron chi connectivity index (χ0n) is 14.1. The van der Waals surface area contributed by atoms with Crippen LogP contribution >= 0.6 is 12.2 Å². The summed E-state index contributed by atoms with van der Waals surface area (Å²) in [6, 6.07) is 6.88. The van der Waals surface area contributed by atoms with E-state index in [1.807, 2.05) is 0 Å². The van der Waals surface area contributed by atoms with Crippen LogP contribution in [0.5, 0.6) is 5.75 Å². The topological polar surface area (TPSA) is 76.4 Å². The lowest BCUT2D eigenvalue weighted by atomic mass is 10.2. The van der Waals surface area contributed by atoms with Gasteiger partial charge >= 0.3 is 12.4 Å².